The molecule has 0 aromatic heterocycles. The lowest BCUT2D eigenvalue weighted by molar-refractivity contribution is 0.133. The van der Waals surface area contributed by atoms with Gasteiger partial charge in [0.1, 0.15) is 0 Å². The predicted molar refractivity (Wildman–Crippen MR) is 111 cm³/mol. The van der Waals surface area contributed by atoms with Crippen LogP contribution in [-0.4, -0.2) is 26.8 Å². The summed E-state index contributed by atoms with van der Waals surface area (Å²) >= 11 is 0. The molecule has 0 saturated heterocycles. The van der Waals surface area contributed by atoms with Crippen molar-refractivity contribution in [1.29, 1.82) is 0 Å². The molecule has 24 heavy (non-hydrogen) atoms. The maximum Gasteiger partial charge on any atom is 0.0590 e. The highest BCUT2D eigenvalue weighted by Crippen LogP contribution is 2.09. The lowest BCUT2D eigenvalue weighted by Crippen LogP contribution is -2.14. The van der Waals surface area contributed by atoms with Gasteiger partial charge in [0, 0.05) is 13.2 Å². The molecule has 0 rings (SSSR count). The number of hydrogen-bond donors (Lipinski definition) is 1. The predicted octanol–water partition coefficient (Wildman–Crippen LogP) is 6.68. The van der Waals surface area contributed by atoms with Gasteiger partial charge in [0.2, 0.25) is 0 Å². The number of allylic oxidation sites excluding steroid dienone is 2. The highest BCUT2D eigenvalue weighted by molar-refractivity contribution is 5.85. The molecule has 0 aliphatic rings. The summed E-state index contributed by atoms with van der Waals surface area (Å²) in [5.74, 6) is 0. The molecule has 0 unspecified atom stereocenters. The smallest absolute Gasteiger partial charge is 0.0590 e. The average Bonchev–Trinajstić information content (AvgIpc) is 2.57. The van der Waals surface area contributed by atoms with E-state index in [1.165, 1.54) is 89.9 Å². The Labute approximate surface area is 158 Å². The first-order chi connectivity index (χ1) is 11.4. The number of unbranched alkanes of at least 4 members (excludes halogenated alkanes) is 12. The van der Waals surface area contributed by atoms with Gasteiger partial charge >= 0.3 is 0 Å². The van der Waals surface area contributed by atoms with E-state index in [4.69, 9.17) is 4.74 Å². The quantitative estimate of drug-likeness (QED) is 0.204. The Morgan fingerprint density at radius 3 is 1.71 bits per heavy atom. The van der Waals surface area contributed by atoms with E-state index in [1.54, 1.807) is 0 Å². The number of ether oxygens (including phenoxy) is 1. The van der Waals surface area contributed by atoms with Gasteiger partial charge in [0.15, 0.2) is 0 Å². The summed E-state index contributed by atoms with van der Waals surface area (Å²) in [6.45, 7) is 5.03. The number of hydrogen-bond acceptors (Lipinski definition) is 2. The molecule has 0 fully saturated rings. The summed E-state index contributed by atoms with van der Waals surface area (Å²) in [5, 5.41) is 3.09. The molecular formula is C21H44ClNO. The van der Waals surface area contributed by atoms with Gasteiger partial charge in [-0.05, 0) is 39.2 Å². The summed E-state index contributed by atoms with van der Waals surface area (Å²) < 4.78 is 5.52. The van der Waals surface area contributed by atoms with E-state index in [1.807, 2.05) is 7.05 Å². The standard InChI is InChI=1S/C21H43NO.ClH/c1-3-4-5-6-7-8-9-10-11-12-13-14-15-16-17-18-20-23-21-19-22-2;/h10-11,22H,3-9,12-21H2,1-2H3;1H/b11-10-;. The SMILES string of the molecule is CCCCCCCC/C=C\CCCCCCCCOCCNC.Cl. The average molecular weight is 362 g/mol. The molecule has 0 bridgehead atoms. The molecule has 0 atom stereocenters. The van der Waals surface area contributed by atoms with Crippen molar-refractivity contribution in [3.05, 3.63) is 12.2 Å². The van der Waals surface area contributed by atoms with Crippen LogP contribution in [0.2, 0.25) is 0 Å². The van der Waals surface area contributed by atoms with E-state index in [0.29, 0.717) is 0 Å². The van der Waals surface area contributed by atoms with Crippen LogP contribution in [0, 0.1) is 0 Å². The zero-order chi connectivity index (χ0) is 16.8. The molecular weight excluding hydrogens is 318 g/mol. The van der Waals surface area contributed by atoms with Crippen LogP contribution in [0.1, 0.15) is 96.8 Å². The minimum Gasteiger partial charge on any atom is -0.380 e. The Morgan fingerprint density at radius 2 is 1.17 bits per heavy atom. The van der Waals surface area contributed by atoms with Crippen LogP contribution in [0.25, 0.3) is 0 Å². The molecule has 146 valence electrons. The molecule has 0 saturated carbocycles. The molecule has 0 aromatic carbocycles. The summed E-state index contributed by atoms with van der Waals surface area (Å²) in [6, 6.07) is 0. The first-order valence-electron chi connectivity index (χ1n) is 10.3. The van der Waals surface area contributed by atoms with Gasteiger partial charge in [-0.25, -0.2) is 0 Å². The Bertz CT molecular complexity index is 234. The molecule has 0 aliphatic carbocycles. The zero-order valence-corrected chi connectivity index (χ0v) is 17.3. The Balaban J connectivity index is 0. The number of likely N-dealkylation sites (N-methyl/N-ethyl adjacent to an activating group) is 1. The van der Waals surface area contributed by atoms with Gasteiger partial charge in [-0.15, -0.1) is 12.4 Å². The maximum absolute atomic E-state index is 5.52. The lowest BCUT2D eigenvalue weighted by atomic mass is 10.1. The molecule has 3 heteroatoms. The summed E-state index contributed by atoms with van der Waals surface area (Å²) in [4.78, 5) is 0. The molecule has 1 N–H and O–H groups in total. The highest BCUT2D eigenvalue weighted by Gasteiger charge is 1.92. The second kappa shape index (κ2) is 25.2. The number of nitrogens with one attached hydrogen (secondary N) is 1. The van der Waals surface area contributed by atoms with Crippen molar-refractivity contribution in [1.82, 2.24) is 5.32 Å². The van der Waals surface area contributed by atoms with Crippen molar-refractivity contribution in [3.8, 4) is 0 Å². The Kier molecular flexibility index (Phi) is 27.5. The van der Waals surface area contributed by atoms with E-state index < -0.39 is 0 Å². The van der Waals surface area contributed by atoms with E-state index in [9.17, 15) is 0 Å². The van der Waals surface area contributed by atoms with E-state index in [0.717, 1.165) is 19.8 Å². The van der Waals surface area contributed by atoms with E-state index in [-0.39, 0.29) is 12.4 Å². The molecule has 0 heterocycles. The molecule has 0 aromatic rings. The van der Waals surface area contributed by atoms with Crippen molar-refractivity contribution in [2.45, 2.75) is 96.8 Å². The van der Waals surface area contributed by atoms with Gasteiger partial charge in [-0.1, -0.05) is 76.9 Å². The summed E-state index contributed by atoms with van der Waals surface area (Å²) in [6.07, 6.45) is 23.9. The van der Waals surface area contributed by atoms with Gasteiger partial charge in [-0.3, -0.25) is 0 Å². The van der Waals surface area contributed by atoms with Gasteiger partial charge in [0.05, 0.1) is 6.61 Å². The third-order valence-electron chi connectivity index (χ3n) is 4.30. The van der Waals surface area contributed by atoms with Gasteiger partial charge in [-0.2, -0.15) is 0 Å². The number of halogens is 1. The molecule has 0 radical (unpaired) electrons. The maximum atomic E-state index is 5.52. The fourth-order valence-electron chi connectivity index (χ4n) is 2.73. The normalized spacial score (nSPS) is 11.1. The van der Waals surface area contributed by atoms with Gasteiger partial charge in [0.25, 0.3) is 0 Å². The molecule has 0 amide bonds. The topological polar surface area (TPSA) is 21.3 Å². The largest absolute Gasteiger partial charge is 0.380 e. The first-order valence-corrected chi connectivity index (χ1v) is 10.3. The minimum absolute atomic E-state index is 0. The molecule has 0 aliphatic heterocycles. The van der Waals surface area contributed by atoms with Gasteiger partial charge < -0.3 is 10.1 Å². The van der Waals surface area contributed by atoms with Crippen LogP contribution in [0.3, 0.4) is 0 Å². The summed E-state index contributed by atoms with van der Waals surface area (Å²) in [7, 11) is 1.97. The summed E-state index contributed by atoms with van der Waals surface area (Å²) in [5.41, 5.74) is 0. The van der Waals surface area contributed by atoms with Crippen LogP contribution in [0.15, 0.2) is 12.2 Å². The third kappa shape index (κ3) is 24.2. The fraction of sp³-hybridized carbons (Fsp3) is 0.905. The zero-order valence-electron chi connectivity index (χ0n) is 16.5. The number of rotatable bonds is 19. The second-order valence-corrected chi connectivity index (χ2v) is 6.65. The van der Waals surface area contributed by atoms with Crippen LogP contribution in [0.5, 0.6) is 0 Å². The van der Waals surface area contributed by atoms with Crippen LogP contribution >= 0.6 is 12.4 Å². The second-order valence-electron chi connectivity index (χ2n) is 6.65. The van der Waals surface area contributed by atoms with Crippen LogP contribution < -0.4 is 5.32 Å². The van der Waals surface area contributed by atoms with Crippen molar-refractivity contribution in [3.63, 3.8) is 0 Å². The minimum atomic E-state index is 0. The molecule has 2 nitrogen and oxygen atoms in total. The Morgan fingerprint density at radius 1 is 0.667 bits per heavy atom. The van der Waals surface area contributed by atoms with Crippen LogP contribution in [-0.2, 0) is 4.74 Å². The van der Waals surface area contributed by atoms with E-state index >= 15 is 0 Å². The van der Waals surface area contributed by atoms with Crippen molar-refractivity contribution in [2.75, 3.05) is 26.8 Å². The monoisotopic (exact) mass is 361 g/mol. The Hall–Kier alpha value is -0.0500. The van der Waals surface area contributed by atoms with Crippen LogP contribution in [0.4, 0.5) is 0 Å². The first kappa shape index (κ1) is 26.2. The van der Waals surface area contributed by atoms with Crippen molar-refractivity contribution < 1.29 is 4.74 Å². The van der Waals surface area contributed by atoms with Crippen molar-refractivity contribution in [2.24, 2.45) is 0 Å². The van der Waals surface area contributed by atoms with E-state index in [2.05, 4.69) is 24.4 Å². The molecule has 0 spiro atoms. The van der Waals surface area contributed by atoms with Crippen molar-refractivity contribution >= 4 is 12.4 Å². The fourth-order valence-corrected chi connectivity index (χ4v) is 2.73. The third-order valence-corrected chi connectivity index (χ3v) is 4.30. The lowest BCUT2D eigenvalue weighted by Gasteiger charge is -2.03. The highest BCUT2D eigenvalue weighted by atomic mass is 35.5.